The van der Waals surface area contributed by atoms with Crippen LogP contribution in [0.1, 0.15) is 24.2 Å². The summed E-state index contributed by atoms with van der Waals surface area (Å²) in [4.78, 5) is 39.5. The first-order valence-corrected chi connectivity index (χ1v) is 10.9. The number of anilines is 4. The summed E-state index contributed by atoms with van der Waals surface area (Å²) < 4.78 is 5.58. The summed E-state index contributed by atoms with van der Waals surface area (Å²) in [6, 6.07) is 15.2. The molecule has 3 N–H and O–H groups in total. The van der Waals surface area contributed by atoms with E-state index in [1.807, 2.05) is 55.5 Å². The van der Waals surface area contributed by atoms with Crippen molar-refractivity contribution in [3.05, 3.63) is 59.9 Å². The first kappa shape index (κ1) is 20.3. The van der Waals surface area contributed by atoms with Crippen LogP contribution in [-0.2, 0) is 20.9 Å². The topological polar surface area (TPSA) is 123 Å². The number of nitrogens with two attached hydrogens (primary N) is 1. The first-order chi connectivity index (χ1) is 15.4. The van der Waals surface area contributed by atoms with Gasteiger partial charge in [-0.3, -0.25) is 9.69 Å². The highest BCUT2D eigenvalue weighted by Crippen LogP contribution is 2.56. The number of amides is 1. The number of para-hydroxylation sites is 1. The van der Waals surface area contributed by atoms with E-state index in [1.165, 1.54) is 11.8 Å². The molecule has 0 aliphatic carbocycles. The highest BCUT2D eigenvalue weighted by molar-refractivity contribution is 8.02. The number of nitrogens with zero attached hydrogens (tertiary/aromatic N) is 4. The van der Waals surface area contributed by atoms with E-state index in [0.29, 0.717) is 12.8 Å². The number of carbonyl (C=O) groups excluding carboxylic acids is 2. The minimum atomic E-state index is -1.09. The summed E-state index contributed by atoms with van der Waals surface area (Å²) in [5.74, 6) is -0.108. The Labute approximate surface area is 188 Å². The molecule has 0 saturated carbocycles. The second-order valence-electron chi connectivity index (χ2n) is 7.58. The minimum absolute atomic E-state index is 0.0131. The molecule has 5 rings (SSSR count). The quantitative estimate of drug-likeness (QED) is 0.566. The van der Waals surface area contributed by atoms with Crippen molar-refractivity contribution < 1.29 is 14.3 Å². The maximum Gasteiger partial charge on any atom is 0.343 e. The second-order valence-corrected chi connectivity index (χ2v) is 8.90. The molecular weight excluding hydrogens is 428 g/mol. The van der Waals surface area contributed by atoms with E-state index in [0.717, 1.165) is 21.8 Å². The van der Waals surface area contributed by atoms with Crippen LogP contribution in [0.3, 0.4) is 0 Å². The van der Waals surface area contributed by atoms with Crippen LogP contribution in [-0.4, -0.2) is 31.7 Å². The molecule has 1 fully saturated rings. The Balaban J connectivity index is 1.33. The number of hydrogen-bond donors (Lipinski definition) is 2. The molecule has 1 amide bonds. The Morgan fingerprint density at radius 3 is 2.78 bits per heavy atom. The summed E-state index contributed by atoms with van der Waals surface area (Å²) in [6.45, 7) is 1.81. The van der Waals surface area contributed by atoms with Gasteiger partial charge in [-0.05, 0) is 31.2 Å². The van der Waals surface area contributed by atoms with E-state index >= 15 is 0 Å². The zero-order valence-electron chi connectivity index (χ0n) is 17.2. The third-order valence-corrected chi connectivity index (χ3v) is 6.79. The van der Waals surface area contributed by atoms with Crippen molar-refractivity contribution in [2.24, 2.45) is 0 Å². The fraction of sp³-hybridized carbons (Fsp3) is 0.227. The predicted molar refractivity (Wildman–Crippen MR) is 120 cm³/mol. The molecule has 3 heterocycles. The Bertz CT molecular complexity index is 1220. The van der Waals surface area contributed by atoms with Crippen LogP contribution in [0.25, 0.3) is 0 Å². The summed E-state index contributed by atoms with van der Waals surface area (Å²) in [7, 11) is 0. The summed E-state index contributed by atoms with van der Waals surface area (Å²) >= 11 is 1.35. The standard InChI is InChI=1S/C22H20N6O3S/c1-13-6-8-14(9-7-13)24-21-26-17(25-20(23)27-21)12-31-19(30)22-11-10-18(29)28(22)15-4-2-3-5-16(15)32-22/h2-9H,10-12H2,1H3,(H3,23,24,25,26,27)/t22-/m0/s1. The van der Waals surface area contributed by atoms with Crippen molar-refractivity contribution in [3.63, 3.8) is 0 Å². The van der Waals surface area contributed by atoms with Gasteiger partial charge in [0.1, 0.15) is 0 Å². The maximum absolute atomic E-state index is 13.2. The van der Waals surface area contributed by atoms with Crippen molar-refractivity contribution >= 4 is 46.9 Å². The monoisotopic (exact) mass is 448 g/mol. The third-order valence-electron chi connectivity index (χ3n) is 5.33. The van der Waals surface area contributed by atoms with Gasteiger partial charge in [0.25, 0.3) is 0 Å². The molecule has 32 heavy (non-hydrogen) atoms. The normalized spacial score (nSPS) is 18.9. The Hall–Kier alpha value is -3.66. The van der Waals surface area contributed by atoms with Crippen LogP contribution in [0.2, 0.25) is 0 Å². The maximum atomic E-state index is 13.2. The molecule has 0 unspecified atom stereocenters. The first-order valence-electron chi connectivity index (χ1n) is 10.1. The smallest absolute Gasteiger partial charge is 0.343 e. The number of carbonyl (C=O) groups is 2. The van der Waals surface area contributed by atoms with Gasteiger partial charge in [-0.15, -0.1) is 0 Å². The molecule has 0 bridgehead atoms. The molecule has 3 aromatic rings. The van der Waals surface area contributed by atoms with Gasteiger partial charge < -0.3 is 15.8 Å². The summed E-state index contributed by atoms with van der Waals surface area (Å²) in [5.41, 5.74) is 8.49. The van der Waals surface area contributed by atoms with E-state index < -0.39 is 10.8 Å². The zero-order valence-corrected chi connectivity index (χ0v) is 18.1. The lowest BCUT2D eigenvalue weighted by atomic mass is 10.2. The van der Waals surface area contributed by atoms with Crippen molar-refractivity contribution in [3.8, 4) is 0 Å². The molecule has 0 radical (unpaired) electrons. The van der Waals surface area contributed by atoms with Crippen LogP contribution in [0.5, 0.6) is 0 Å². The van der Waals surface area contributed by atoms with Crippen molar-refractivity contribution in [1.29, 1.82) is 0 Å². The number of aryl methyl sites for hydroxylation is 1. The highest BCUT2D eigenvalue weighted by atomic mass is 32.2. The SMILES string of the molecule is Cc1ccc(Nc2nc(N)nc(COC(=O)[C@@]34CCC(=O)N3c3ccccc3S4)n2)cc1. The largest absolute Gasteiger partial charge is 0.455 e. The Kier molecular flexibility index (Phi) is 4.93. The molecule has 2 aliphatic rings. The molecule has 2 aromatic carbocycles. The number of aromatic nitrogens is 3. The Morgan fingerprint density at radius 1 is 1.19 bits per heavy atom. The van der Waals surface area contributed by atoms with Gasteiger partial charge in [-0.2, -0.15) is 15.0 Å². The predicted octanol–water partition coefficient (Wildman–Crippen LogP) is 3.18. The number of nitrogens with one attached hydrogen (secondary N) is 1. The van der Waals surface area contributed by atoms with E-state index in [4.69, 9.17) is 10.5 Å². The van der Waals surface area contributed by atoms with E-state index in [-0.39, 0.29) is 30.2 Å². The molecule has 9 nitrogen and oxygen atoms in total. The number of ether oxygens (including phenoxy) is 1. The van der Waals surface area contributed by atoms with E-state index in [1.54, 1.807) is 4.90 Å². The Morgan fingerprint density at radius 2 is 1.97 bits per heavy atom. The lowest BCUT2D eigenvalue weighted by molar-refractivity contribution is -0.148. The number of benzene rings is 2. The lowest BCUT2D eigenvalue weighted by Crippen LogP contribution is -2.47. The third kappa shape index (κ3) is 3.52. The summed E-state index contributed by atoms with van der Waals surface area (Å²) in [6.07, 6.45) is 0.670. The van der Waals surface area contributed by atoms with Gasteiger partial charge in [0.2, 0.25) is 17.8 Å². The average Bonchev–Trinajstić information content (AvgIpc) is 3.29. The van der Waals surface area contributed by atoms with Crippen molar-refractivity contribution in [1.82, 2.24) is 15.0 Å². The molecule has 162 valence electrons. The summed E-state index contributed by atoms with van der Waals surface area (Å²) in [5, 5.41) is 3.07. The second kappa shape index (κ2) is 7.79. The van der Waals surface area contributed by atoms with Crippen molar-refractivity contribution in [2.75, 3.05) is 16.0 Å². The molecular formula is C22H20N6O3S. The molecule has 10 heteroatoms. The van der Waals surface area contributed by atoms with Crippen LogP contribution in [0.15, 0.2) is 53.4 Å². The van der Waals surface area contributed by atoms with E-state index in [2.05, 4.69) is 20.3 Å². The van der Waals surface area contributed by atoms with Crippen LogP contribution < -0.4 is 16.0 Å². The van der Waals surface area contributed by atoms with E-state index in [9.17, 15) is 9.59 Å². The number of hydrogen-bond acceptors (Lipinski definition) is 9. The molecule has 1 atom stereocenters. The van der Waals surface area contributed by atoms with Gasteiger partial charge in [0.05, 0.1) is 5.69 Å². The molecule has 1 saturated heterocycles. The minimum Gasteiger partial charge on any atom is -0.455 e. The molecule has 2 aliphatic heterocycles. The van der Waals surface area contributed by atoms with Crippen LogP contribution in [0, 0.1) is 6.92 Å². The lowest BCUT2D eigenvalue weighted by Gasteiger charge is -2.28. The molecule has 0 spiro atoms. The number of esters is 1. The van der Waals surface area contributed by atoms with Gasteiger partial charge in [-0.1, -0.05) is 41.6 Å². The van der Waals surface area contributed by atoms with Crippen LogP contribution >= 0.6 is 11.8 Å². The average molecular weight is 449 g/mol. The molecule has 1 aromatic heterocycles. The number of rotatable bonds is 5. The van der Waals surface area contributed by atoms with Crippen molar-refractivity contribution in [2.45, 2.75) is 36.1 Å². The fourth-order valence-corrected chi connectivity index (χ4v) is 5.25. The number of thioether (sulfide) groups is 1. The highest BCUT2D eigenvalue weighted by Gasteiger charge is 2.58. The fourth-order valence-electron chi connectivity index (χ4n) is 3.84. The van der Waals surface area contributed by atoms with Gasteiger partial charge in [0.15, 0.2) is 17.3 Å². The van der Waals surface area contributed by atoms with Gasteiger partial charge >= 0.3 is 5.97 Å². The van der Waals surface area contributed by atoms with Crippen LogP contribution in [0.4, 0.5) is 23.3 Å². The number of nitrogen functional groups attached to an aromatic ring is 1. The van der Waals surface area contributed by atoms with Gasteiger partial charge in [-0.25, -0.2) is 4.79 Å². The van der Waals surface area contributed by atoms with Gasteiger partial charge in [0, 0.05) is 23.4 Å². The zero-order chi connectivity index (χ0) is 22.3. The number of fused-ring (bicyclic) bond motifs is 3.